The average molecular weight is 1230 g/mol. The number of H-pyrrole nitrogens is 4. The number of rotatable bonds is 7. The lowest BCUT2D eigenvalue weighted by Gasteiger charge is -2.08. The van der Waals surface area contributed by atoms with E-state index in [1.807, 2.05) is 83.0 Å². The van der Waals surface area contributed by atoms with Gasteiger partial charge in [-0.1, -0.05) is 7.43 Å². The molecular formula is C58H84N24O7. The predicted molar refractivity (Wildman–Crippen MR) is 349 cm³/mol. The Balaban J connectivity index is 0.000000222. The monoisotopic (exact) mass is 1230 g/mol. The molecule has 11 rings (SSSR count). The van der Waals surface area contributed by atoms with Crippen LogP contribution in [0.25, 0.3) is 44.4 Å². The highest BCUT2D eigenvalue weighted by atomic mass is 16.2. The molecule has 0 saturated heterocycles. The van der Waals surface area contributed by atoms with Crippen molar-refractivity contribution in [3.05, 3.63) is 165 Å². The van der Waals surface area contributed by atoms with E-state index < -0.39 is 0 Å². The number of anilines is 4. The first kappa shape index (κ1) is 70.9. The van der Waals surface area contributed by atoms with Gasteiger partial charge < -0.3 is 46.2 Å². The standard InChI is InChI=1S/C10H13N3O.C9H12N4.C8H11N5O.C8H11N5.C8H12N2O2.C7H11N3O.C7H10N2O2.CH4/c1-6(2)13-5-4-8-9(13)11-7(3)12-10(8)14;1-6(2)13-4-3-7-8(10)11-5-12-9(7)13;1-4(2)13-3-10-5-6(13)11-8(9)12-7(5)14;1-5(2)13-4-12-6-7(9)10-3-11-8(6)13;1-5(2)10-4-6(3)7(11)9-8(10)12;1-5(2)10-4-3-6(8)9-7(10)11;1-5(2)9-4-3-6(10)8-7(9)11;/h4-6H,1-3H3,(H,11,12,14);3-6H,1-2H3,(H2,10,11,12);3-4H,1-2H3,(H3,9,11,12,14);3-5H,1-2H3,(H2,9,10,11);4-5H,1-3H3,(H,9,11,12);3-5H,1-2H3,(H2,8,9,11);3-5H,1-2H3,(H,8,10,11);1H4. The largest absolute Gasteiger partial charge is 0.383 e. The average Bonchev–Trinajstić information content (AvgIpc) is 3.41. The van der Waals surface area contributed by atoms with E-state index in [2.05, 4.69) is 111 Å². The molecule has 0 aliphatic rings. The minimum atomic E-state index is -0.355. The molecular weight excluding hydrogens is 1140 g/mol. The fourth-order valence-corrected chi connectivity index (χ4v) is 8.17. The summed E-state index contributed by atoms with van der Waals surface area (Å²) in [4.78, 5) is 123. The maximum atomic E-state index is 11.5. The maximum Gasteiger partial charge on any atom is 0.349 e. The number of nitrogens with two attached hydrogens (primary N) is 4. The molecule has 478 valence electrons. The number of aryl methyl sites for hydroxylation is 2. The smallest absolute Gasteiger partial charge is 0.349 e. The second kappa shape index (κ2) is 31.2. The Bertz CT molecular complexity index is 4380. The quantitative estimate of drug-likeness (QED) is 0.0897. The third-order valence-corrected chi connectivity index (χ3v) is 12.8. The lowest BCUT2D eigenvalue weighted by Crippen LogP contribution is -2.31. The van der Waals surface area contributed by atoms with Gasteiger partial charge in [-0.05, 0) is 129 Å². The summed E-state index contributed by atoms with van der Waals surface area (Å²) in [5.41, 5.74) is 24.6. The van der Waals surface area contributed by atoms with Gasteiger partial charge in [0.25, 0.3) is 22.2 Å². The molecule has 0 aromatic carbocycles. The fraction of sp³-hybridized carbons (Fsp3) is 0.414. The number of nitrogens with zero attached hydrogens (tertiary/aromatic N) is 16. The van der Waals surface area contributed by atoms with Crippen molar-refractivity contribution in [3.8, 4) is 0 Å². The van der Waals surface area contributed by atoms with E-state index in [1.54, 1.807) is 55.6 Å². The zero-order chi connectivity index (χ0) is 65.6. The van der Waals surface area contributed by atoms with Gasteiger partial charge in [-0.15, -0.1) is 0 Å². The van der Waals surface area contributed by atoms with Crippen molar-refractivity contribution in [1.82, 2.24) is 96.8 Å². The summed E-state index contributed by atoms with van der Waals surface area (Å²) < 4.78 is 12.3. The Morgan fingerprint density at radius 1 is 0.404 bits per heavy atom. The highest BCUT2D eigenvalue weighted by Gasteiger charge is 2.13. The van der Waals surface area contributed by atoms with Crippen LogP contribution in [0.3, 0.4) is 0 Å². The number of fused-ring (bicyclic) bond motifs is 4. The summed E-state index contributed by atoms with van der Waals surface area (Å²) in [6.45, 7) is 31.3. The van der Waals surface area contributed by atoms with Gasteiger partial charge in [0.1, 0.15) is 46.9 Å². The topological polar surface area (TPSA) is 437 Å². The van der Waals surface area contributed by atoms with E-state index >= 15 is 0 Å². The van der Waals surface area contributed by atoms with Gasteiger partial charge in [-0.25, -0.2) is 49.3 Å². The normalized spacial score (nSPS) is 10.9. The van der Waals surface area contributed by atoms with E-state index in [4.69, 9.17) is 22.9 Å². The predicted octanol–water partition coefficient (Wildman–Crippen LogP) is 6.07. The molecule has 12 N–H and O–H groups in total. The maximum absolute atomic E-state index is 11.5. The van der Waals surface area contributed by atoms with Crippen molar-refractivity contribution < 1.29 is 0 Å². The third kappa shape index (κ3) is 18.2. The Labute approximate surface area is 511 Å². The van der Waals surface area contributed by atoms with Crippen molar-refractivity contribution in [2.24, 2.45) is 0 Å². The van der Waals surface area contributed by atoms with Crippen LogP contribution in [0.4, 0.5) is 23.4 Å². The van der Waals surface area contributed by atoms with Gasteiger partial charge in [0, 0.05) is 84.9 Å². The molecule has 11 aromatic rings. The van der Waals surface area contributed by atoms with E-state index in [1.165, 1.54) is 38.6 Å². The molecule has 0 amide bonds. The molecule has 31 heteroatoms. The number of aromatic amines is 4. The van der Waals surface area contributed by atoms with Crippen LogP contribution in [0.5, 0.6) is 0 Å². The molecule has 0 saturated carbocycles. The highest BCUT2D eigenvalue weighted by molar-refractivity contribution is 5.86. The van der Waals surface area contributed by atoms with Crippen LogP contribution in [0.2, 0.25) is 0 Å². The van der Waals surface area contributed by atoms with Gasteiger partial charge in [0.2, 0.25) is 5.95 Å². The molecule has 31 nitrogen and oxygen atoms in total. The van der Waals surface area contributed by atoms with Crippen molar-refractivity contribution in [1.29, 1.82) is 0 Å². The zero-order valence-electron chi connectivity index (χ0n) is 52.4. The van der Waals surface area contributed by atoms with Crippen LogP contribution in [-0.2, 0) is 0 Å². The van der Waals surface area contributed by atoms with E-state index in [-0.39, 0.29) is 82.7 Å². The Morgan fingerprint density at radius 2 is 0.888 bits per heavy atom. The second-order valence-electron chi connectivity index (χ2n) is 21.9. The van der Waals surface area contributed by atoms with E-state index in [0.29, 0.717) is 63.2 Å². The SMILES string of the molecule is C.CC(C)n1ccc(=O)[nH]c1=O.CC(C)n1ccc(N)nc1=O.CC(C)n1ccc2c(N)ncnc21.CC(C)n1cnc2c(=O)[nH]c(N)nc21.CC(C)n1cnc2c(N)ncnc21.Cc1cn(C(C)C)c(=O)[nH]c1=O.Cc1nc2c(ccn2C(C)C)c(=O)[nH]1. The summed E-state index contributed by atoms with van der Waals surface area (Å²) >= 11 is 0. The first-order valence-corrected chi connectivity index (χ1v) is 28.1. The molecule has 0 aliphatic heterocycles. The first-order valence-electron chi connectivity index (χ1n) is 28.1. The zero-order valence-corrected chi connectivity index (χ0v) is 52.4. The van der Waals surface area contributed by atoms with Crippen LogP contribution in [0.15, 0.2) is 114 Å². The highest BCUT2D eigenvalue weighted by Crippen LogP contribution is 2.21. The number of nitrogens with one attached hydrogen (secondary N) is 4. The molecule has 0 atom stereocenters. The summed E-state index contributed by atoms with van der Waals surface area (Å²) in [6.07, 6.45) is 14.9. The molecule has 89 heavy (non-hydrogen) atoms. The van der Waals surface area contributed by atoms with Gasteiger partial charge >= 0.3 is 17.1 Å². The van der Waals surface area contributed by atoms with Crippen LogP contribution < -0.4 is 62.2 Å². The summed E-state index contributed by atoms with van der Waals surface area (Å²) in [5.74, 6) is 2.02. The van der Waals surface area contributed by atoms with Gasteiger partial charge in [0.05, 0.1) is 23.4 Å². The van der Waals surface area contributed by atoms with Crippen LogP contribution in [0, 0.1) is 13.8 Å². The Morgan fingerprint density at radius 3 is 1.44 bits per heavy atom. The minimum Gasteiger partial charge on any atom is -0.383 e. The minimum absolute atomic E-state index is 0. The molecule has 0 bridgehead atoms. The Kier molecular flexibility index (Phi) is 24.8. The second-order valence-corrected chi connectivity index (χ2v) is 21.9. The van der Waals surface area contributed by atoms with Crippen LogP contribution >= 0.6 is 0 Å². The molecule has 0 radical (unpaired) electrons. The van der Waals surface area contributed by atoms with E-state index in [0.717, 1.165) is 22.3 Å². The van der Waals surface area contributed by atoms with Gasteiger partial charge in [-0.2, -0.15) is 9.97 Å². The molecule has 0 spiro atoms. The van der Waals surface area contributed by atoms with E-state index in [9.17, 15) is 33.6 Å². The molecule has 0 fully saturated rings. The molecule has 0 aliphatic carbocycles. The number of hydrogen-bond donors (Lipinski definition) is 8. The first-order chi connectivity index (χ1) is 41.3. The summed E-state index contributed by atoms with van der Waals surface area (Å²) in [5, 5.41) is 1.58. The third-order valence-electron chi connectivity index (χ3n) is 12.8. The summed E-state index contributed by atoms with van der Waals surface area (Å²) in [6, 6.07) is 8.25. The fourth-order valence-electron chi connectivity index (χ4n) is 8.17. The molecule has 11 heterocycles. The van der Waals surface area contributed by atoms with Crippen molar-refractivity contribution in [2.75, 3.05) is 22.9 Å². The van der Waals surface area contributed by atoms with Crippen LogP contribution in [0.1, 0.15) is 158 Å². The number of imidazole rings is 2. The molecule has 0 unspecified atom stereocenters. The lowest BCUT2D eigenvalue weighted by molar-refractivity contribution is 0.558. The van der Waals surface area contributed by atoms with Gasteiger partial charge in [-0.3, -0.25) is 47.8 Å². The molecule has 11 aromatic heterocycles. The Hall–Kier alpha value is -10.6. The summed E-state index contributed by atoms with van der Waals surface area (Å²) in [7, 11) is 0. The van der Waals surface area contributed by atoms with Crippen molar-refractivity contribution in [3.63, 3.8) is 0 Å². The number of nitrogen functional groups attached to an aromatic ring is 4. The van der Waals surface area contributed by atoms with Crippen LogP contribution in [-0.4, -0.2) is 96.8 Å². The lowest BCUT2D eigenvalue weighted by atomic mass is 10.3. The van der Waals surface area contributed by atoms with Gasteiger partial charge in [0.15, 0.2) is 22.6 Å². The number of hydrogen-bond acceptors (Lipinski definition) is 20. The van der Waals surface area contributed by atoms with Crippen molar-refractivity contribution >= 4 is 67.8 Å². The van der Waals surface area contributed by atoms with Crippen molar-refractivity contribution in [2.45, 2.75) is 160 Å². The number of aromatic nitrogens is 20.